The molecule has 0 fully saturated rings. The lowest BCUT2D eigenvalue weighted by Crippen LogP contribution is -2.13. The summed E-state index contributed by atoms with van der Waals surface area (Å²) in [6.07, 6.45) is 0. The van der Waals surface area contributed by atoms with Crippen LogP contribution in [0.2, 0.25) is 0 Å². The van der Waals surface area contributed by atoms with Crippen LogP contribution in [0.5, 0.6) is 0 Å². The summed E-state index contributed by atoms with van der Waals surface area (Å²) < 4.78 is 5.18. The minimum atomic E-state index is -0.237. The summed E-state index contributed by atoms with van der Waals surface area (Å²) in [4.78, 5) is 11.7. The van der Waals surface area contributed by atoms with Gasteiger partial charge in [-0.1, -0.05) is 46.8 Å². The first-order valence-electron chi connectivity index (χ1n) is 6.08. The van der Waals surface area contributed by atoms with Crippen molar-refractivity contribution in [2.75, 3.05) is 6.61 Å². The maximum Gasteiger partial charge on any atom is 0.338 e. The molecule has 2 heteroatoms. The number of hydrogen-bond acceptors (Lipinski definition) is 2. The predicted octanol–water partition coefficient (Wildman–Crippen LogP) is 3.80. The molecule has 94 valence electrons. The lowest BCUT2D eigenvalue weighted by Gasteiger charge is -2.19. The van der Waals surface area contributed by atoms with Gasteiger partial charge in [0.15, 0.2) is 0 Å². The van der Waals surface area contributed by atoms with Crippen LogP contribution in [-0.2, 0) is 10.2 Å². The smallest absolute Gasteiger partial charge is 0.338 e. The largest absolute Gasteiger partial charge is 0.462 e. The standard InChI is InChI=1S/C15H22O2/c1-11(2)10-17-14(16)12-6-8-13(9-7-12)15(3,4)5/h6-9,11H,10H2,1-5H3. The highest BCUT2D eigenvalue weighted by Gasteiger charge is 2.14. The summed E-state index contributed by atoms with van der Waals surface area (Å²) in [5, 5.41) is 0. The molecule has 0 aliphatic rings. The summed E-state index contributed by atoms with van der Waals surface area (Å²) in [5.74, 6) is 0.131. The van der Waals surface area contributed by atoms with Crippen LogP contribution in [-0.4, -0.2) is 12.6 Å². The van der Waals surface area contributed by atoms with Crippen molar-refractivity contribution in [3.05, 3.63) is 35.4 Å². The average molecular weight is 234 g/mol. The second-order valence-electron chi connectivity index (χ2n) is 5.82. The lowest BCUT2D eigenvalue weighted by molar-refractivity contribution is 0.0459. The number of ether oxygens (including phenoxy) is 1. The monoisotopic (exact) mass is 234 g/mol. The van der Waals surface area contributed by atoms with E-state index >= 15 is 0 Å². The normalized spacial score (nSPS) is 11.6. The number of rotatable bonds is 3. The third-order valence-corrected chi connectivity index (χ3v) is 2.53. The van der Waals surface area contributed by atoms with Crippen LogP contribution in [0.15, 0.2) is 24.3 Å². The predicted molar refractivity (Wildman–Crippen MR) is 70.3 cm³/mol. The molecule has 1 aromatic rings. The Labute approximate surface area is 104 Å². The molecule has 0 saturated carbocycles. The summed E-state index contributed by atoms with van der Waals surface area (Å²) >= 11 is 0. The van der Waals surface area contributed by atoms with Crippen molar-refractivity contribution in [1.82, 2.24) is 0 Å². The Balaban J connectivity index is 2.71. The van der Waals surface area contributed by atoms with E-state index in [9.17, 15) is 4.79 Å². The second kappa shape index (κ2) is 5.35. The molecule has 0 aromatic heterocycles. The van der Waals surface area contributed by atoms with E-state index in [0.717, 1.165) is 0 Å². The van der Waals surface area contributed by atoms with Gasteiger partial charge in [-0.05, 0) is 29.0 Å². The first kappa shape index (κ1) is 13.8. The van der Waals surface area contributed by atoms with Gasteiger partial charge in [0.1, 0.15) is 0 Å². The highest BCUT2D eigenvalue weighted by Crippen LogP contribution is 2.22. The zero-order valence-electron chi connectivity index (χ0n) is 11.4. The Morgan fingerprint density at radius 2 is 1.71 bits per heavy atom. The summed E-state index contributed by atoms with van der Waals surface area (Å²) in [5.41, 5.74) is 1.96. The van der Waals surface area contributed by atoms with Gasteiger partial charge in [0, 0.05) is 0 Å². The van der Waals surface area contributed by atoms with E-state index < -0.39 is 0 Å². The Morgan fingerprint density at radius 3 is 2.12 bits per heavy atom. The van der Waals surface area contributed by atoms with Crippen LogP contribution >= 0.6 is 0 Å². The molecule has 0 amide bonds. The Kier molecular flexibility index (Phi) is 4.33. The molecule has 0 N–H and O–H groups in total. The van der Waals surface area contributed by atoms with Gasteiger partial charge in [0.2, 0.25) is 0 Å². The fraction of sp³-hybridized carbons (Fsp3) is 0.533. The quantitative estimate of drug-likeness (QED) is 0.744. The molecule has 17 heavy (non-hydrogen) atoms. The maximum atomic E-state index is 11.7. The van der Waals surface area contributed by atoms with Crippen molar-refractivity contribution in [3.8, 4) is 0 Å². The van der Waals surface area contributed by atoms with Gasteiger partial charge in [-0.3, -0.25) is 0 Å². The molecule has 0 bridgehead atoms. The van der Waals surface area contributed by atoms with Gasteiger partial charge in [-0.2, -0.15) is 0 Å². The first-order valence-corrected chi connectivity index (χ1v) is 6.08. The van der Waals surface area contributed by atoms with Crippen LogP contribution in [0.25, 0.3) is 0 Å². The van der Waals surface area contributed by atoms with E-state index in [1.807, 2.05) is 38.1 Å². The molecule has 1 aromatic carbocycles. The minimum Gasteiger partial charge on any atom is -0.462 e. The van der Waals surface area contributed by atoms with Crippen molar-refractivity contribution in [2.24, 2.45) is 5.92 Å². The molecule has 2 nitrogen and oxygen atoms in total. The van der Waals surface area contributed by atoms with E-state index in [0.29, 0.717) is 18.1 Å². The molecule has 0 heterocycles. The van der Waals surface area contributed by atoms with Crippen LogP contribution in [0, 0.1) is 5.92 Å². The molecule has 0 aliphatic carbocycles. The number of carbonyl (C=O) groups excluding carboxylic acids is 1. The van der Waals surface area contributed by atoms with Crippen LogP contribution < -0.4 is 0 Å². The van der Waals surface area contributed by atoms with Crippen LogP contribution in [0.4, 0.5) is 0 Å². The number of hydrogen-bond donors (Lipinski definition) is 0. The molecular formula is C15H22O2. The fourth-order valence-electron chi connectivity index (χ4n) is 1.43. The Hall–Kier alpha value is -1.31. The van der Waals surface area contributed by atoms with E-state index in [-0.39, 0.29) is 11.4 Å². The highest BCUT2D eigenvalue weighted by molar-refractivity contribution is 5.89. The van der Waals surface area contributed by atoms with E-state index in [4.69, 9.17) is 4.74 Å². The molecule has 0 spiro atoms. The van der Waals surface area contributed by atoms with Crippen molar-refractivity contribution in [3.63, 3.8) is 0 Å². The molecule has 0 radical (unpaired) electrons. The zero-order valence-corrected chi connectivity index (χ0v) is 11.4. The average Bonchev–Trinajstić information content (AvgIpc) is 2.25. The number of carbonyl (C=O) groups is 1. The van der Waals surface area contributed by atoms with Gasteiger partial charge >= 0.3 is 5.97 Å². The molecule has 0 saturated heterocycles. The highest BCUT2D eigenvalue weighted by atomic mass is 16.5. The molecule has 1 rings (SSSR count). The van der Waals surface area contributed by atoms with E-state index in [2.05, 4.69) is 20.8 Å². The second-order valence-corrected chi connectivity index (χ2v) is 5.82. The van der Waals surface area contributed by atoms with Gasteiger partial charge in [-0.25, -0.2) is 4.79 Å². The van der Waals surface area contributed by atoms with Gasteiger partial charge in [0.25, 0.3) is 0 Å². The van der Waals surface area contributed by atoms with Crippen LogP contribution in [0.3, 0.4) is 0 Å². The third-order valence-electron chi connectivity index (χ3n) is 2.53. The van der Waals surface area contributed by atoms with Gasteiger partial charge in [0.05, 0.1) is 12.2 Å². The molecule has 0 atom stereocenters. The molecule has 0 aliphatic heterocycles. The Bertz CT molecular complexity index is 369. The summed E-state index contributed by atoms with van der Waals surface area (Å²) in [6.45, 7) is 11.0. The first-order chi connectivity index (χ1) is 7.80. The van der Waals surface area contributed by atoms with Crippen molar-refractivity contribution < 1.29 is 9.53 Å². The fourth-order valence-corrected chi connectivity index (χ4v) is 1.43. The number of benzene rings is 1. The number of esters is 1. The zero-order chi connectivity index (χ0) is 13.1. The van der Waals surface area contributed by atoms with E-state index in [1.165, 1.54) is 5.56 Å². The maximum absolute atomic E-state index is 11.7. The third kappa shape index (κ3) is 4.22. The molecular weight excluding hydrogens is 212 g/mol. The van der Waals surface area contributed by atoms with Crippen molar-refractivity contribution >= 4 is 5.97 Å². The summed E-state index contributed by atoms with van der Waals surface area (Å²) in [6, 6.07) is 7.66. The van der Waals surface area contributed by atoms with Gasteiger partial charge < -0.3 is 4.74 Å². The molecule has 0 unspecified atom stereocenters. The lowest BCUT2D eigenvalue weighted by atomic mass is 9.87. The van der Waals surface area contributed by atoms with Crippen molar-refractivity contribution in [1.29, 1.82) is 0 Å². The van der Waals surface area contributed by atoms with Gasteiger partial charge in [-0.15, -0.1) is 0 Å². The van der Waals surface area contributed by atoms with Crippen molar-refractivity contribution in [2.45, 2.75) is 40.0 Å². The SMILES string of the molecule is CC(C)COC(=O)c1ccc(C(C)(C)C)cc1. The summed E-state index contributed by atoms with van der Waals surface area (Å²) in [7, 11) is 0. The minimum absolute atomic E-state index is 0.111. The topological polar surface area (TPSA) is 26.3 Å². The van der Waals surface area contributed by atoms with Crippen LogP contribution in [0.1, 0.15) is 50.5 Å². The van der Waals surface area contributed by atoms with E-state index in [1.54, 1.807) is 0 Å². The Morgan fingerprint density at radius 1 is 1.18 bits per heavy atom.